The van der Waals surface area contributed by atoms with Crippen LogP contribution < -0.4 is 5.32 Å². The van der Waals surface area contributed by atoms with Crippen molar-refractivity contribution in [3.8, 4) is 0 Å². The third-order valence-corrected chi connectivity index (χ3v) is 3.86. The molecule has 0 radical (unpaired) electrons. The van der Waals surface area contributed by atoms with E-state index in [9.17, 15) is 9.90 Å². The second-order valence-corrected chi connectivity index (χ2v) is 4.65. The number of hydrogen-bond donors (Lipinski definition) is 2. The first kappa shape index (κ1) is 12.5. The molecule has 1 saturated carbocycles. The molecule has 0 heterocycles. The van der Waals surface area contributed by atoms with Gasteiger partial charge in [0.25, 0.3) is 0 Å². The van der Waals surface area contributed by atoms with Crippen molar-refractivity contribution >= 4 is 5.97 Å². The molecule has 3 unspecified atom stereocenters. The van der Waals surface area contributed by atoms with Crippen molar-refractivity contribution in [3.63, 3.8) is 0 Å². The van der Waals surface area contributed by atoms with E-state index in [2.05, 4.69) is 19.2 Å². The number of hydrogen-bond acceptors (Lipinski definition) is 2. The van der Waals surface area contributed by atoms with E-state index < -0.39 is 11.5 Å². The molecule has 1 aliphatic carbocycles. The fourth-order valence-electron chi connectivity index (χ4n) is 2.65. The number of carboxylic acid groups (broad SMARTS) is 1. The van der Waals surface area contributed by atoms with Gasteiger partial charge in [0.15, 0.2) is 0 Å². The lowest BCUT2D eigenvalue weighted by Crippen LogP contribution is -2.40. The van der Waals surface area contributed by atoms with Gasteiger partial charge in [0.2, 0.25) is 0 Å². The van der Waals surface area contributed by atoms with Crippen LogP contribution >= 0.6 is 0 Å². The normalized spacial score (nSPS) is 31.3. The first-order valence-electron chi connectivity index (χ1n) is 6.04. The highest BCUT2D eigenvalue weighted by molar-refractivity contribution is 5.83. The fraction of sp³-hybridized carbons (Fsp3) is 0.917. The summed E-state index contributed by atoms with van der Waals surface area (Å²) in [5.74, 6) is 0.245. The number of carbonyl (C=O) groups is 1. The number of unbranched alkanes of at least 4 members (excludes halogenated alkanes) is 1. The van der Waals surface area contributed by atoms with Gasteiger partial charge in [0.1, 0.15) is 5.54 Å². The first-order chi connectivity index (χ1) is 7.12. The number of rotatable bonds is 7. The Kier molecular flexibility index (Phi) is 4.14. The summed E-state index contributed by atoms with van der Waals surface area (Å²) >= 11 is 0. The third-order valence-electron chi connectivity index (χ3n) is 3.86. The van der Waals surface area contributed by atoms with Crippen molar-refractivity contribution in [3.05, 3.63) is 0 Å². The molecule has 0 bridgehead atoms. The summed E-state index contributed by atoms with van der Waals surface area (Å²) in [5.41, 5.74) is -0.603. The van der Waals surface area contributed by atoms with Crippen molar-refractivity contribution in [2.45, 2.75) is 51.5 Å². The Morgan fingerprint density at radius 1 is 1.60 bits per heavy atom. The van der Waals surface area contributed by atoms with E-state index in [0.717, 1.165) is 12.8 Å². The van der Waals surface area contributed by atoms with Crippen molar-refractivity contribution in [2.24, 2.45) is 11.8 Å². The van der Waals surface area contributed by atoms with Crippen molar-refractivity contribution in [2.75, 3.05) is 7.05 Å². The Balaban J connectivity index is 2.54. The standard InChI is InChI=1S/C12H23NO2/c1-4-6-7-9(5-2)10-8-12(10,13-3)11(14)15/h9-10,13H,4-8H2,1-3H3,(H,14,15). The van der Waals surface area contributed by atoms with E-state index in [1.165, 1.54) is 19.3 Å². The lowest BCUT2D eigenvalue weighted by molar-refractivity contribution is -0.141. The maximum absolute atomic E-state index is 11.2. The van der Waals surface area contributed by atoms with E-state index in [-0.39, 0.29) is 0 Å². The van der Waals surface area contributed by atoms with E-state index in [0.29, 0.717) is 11.8 Å². The molecule has 2 N–H and O–H groups in total. The number of aliphatic carboxylic acids is 1. The van der Waals surface area contributed by atoms with Gasteiger partial charge < -0.3 is 10.4 Å². The van der Waals surface area contributed by atoms with Crippen LogP contribution in [0.15, 0.2) is 0 Å². The molecule has 0 spiro atoms. The highest BCUT2D eigenvalue weighted by atomic mass is 16.4. The summed E-state index contributed by atoms with van der Waals surface area (Å²) in [6.45, 7) is 4.35. The minimum atomic E-state index is -0.676. The van der Waals surface area contributed by atoms with Gasteiger partial charge in [-0.3, -0.25) is 4.79 Å². The largest absolute Gasteiger partial charge is 0.480 e. The van der Waals surface area contributed by atoms with Crippen LogP contribution in [0, 0.1) is 11.8 Å². The zero-order valence-electron chi connectivity index (χ0n) is 10.0. The van der Waals surface area contributed by atoms with Crippen LogP contribution in [0.5, 0.6) is 0 Å². The number of carboxylic acids is 1. The highest BCUT2D eigenvalue weighted by Crippen LogP contribution is 2.50. The Labute approximate surface area is 92.3 Å². The quantitative estimate of drug-likeness (QED) is 0.682. The smallest absolute Gasteiger partial charge is 0.324 e. The molecular formula is C12H23NO2. The molecule has 15 heavy (non-hydrogen) atoms. The SMILES string of the molecule is CCCCC(CC)C1CC1(NC)C(=O)O. The Morgan fingerprint density at radius 3 is 2.60 bits per heavy atom. The molecule has 0 aromatic rings. The van der Waals surface area contributed by atoms with Gasteiger partial charge >= 0.3 is 5.97 Å². The van der Waals surface area contributed by atoms with Gasteiger partial charge in [-0.2, -0.15) is 0 Å². The molecule has 0 aromatic carbocycles. The van der Waals surface area contributed by atoms with Crippen LogP contribution in [0.4, 0.5) is 0 Å². The fourth-order valence-corrected chi connectivity index (χ4v) is 2.65. The third kappa shape index (κ3) is 2.33. The zero-order chi connectivity index (χ0) is 11.5. The van der Waals surface area contributed by atoms with Gasteiger partial charge in [0, 0.05) is 0 Å². The van der Waals surface area contributed by atoms with E-state index >= 15 is 0 Å². The Hall–Kier alpha value is -0.570. The molecular weight excluding hydrogens is 190 g/mol. The molecule has 0 aliphatic heterocycles. The van der Waals surface area contributed by atoms with Gasteiger partial charge in [-0.05, 0) is 25.3 Å². The van der Waals surface area contributed by atoms with Crippen molar-refractivity contribution < 1.29 is 9.90 Å². The zero-order valence-corrected chi connectivity index (χ0v) is 10.0. The van der Waals surface area contributed by atoms with Crippen molar-refractivity contribution in [1.82, 2.24) is 5.32 Å². The summed E-state index contributed by atoms with van der Waals surface area (Å²) in [4.78, 5) is 11.2. The Bertz CT molecular complexity index is 230. The molecule has 0 amide bonds. The summed E-state index contributed by atoms with van der Waals surface area (Å²) in [6, 6.07) is 0. The summed E-state index contributed by atoms with van der Waals surface area (Å²) < 4.78 is 0. The van der Waals surface area contributed by atoms with Crippen molar-refractivity contribution in [1.29, 1.82) is 0 Å². The molecule has 1 fully saturated rings. The van der Waals surface area contributed by atoms with Gasteiger partial charge in [-0.25, -0.2) is 0 Å². The predicted octanol–water partition coefficient (Wildman–Crippen LogP) is 2.27. The number of likely N-dealkylation sites (N-methyl/N-ethyl adjacent to an activating group) is 1. The van der Waals surface area contributed by atoms with Crippen LogP contribution in [0.1, 0.15) is 46.0 Å². The molecule has 3 atom stereocenters. The lowest BCUT2D eigenvalue weighted by atomic mass is 9.91. The van der Waals surface area contributed by atoms with E-state index in [1.807, 2.05) is 0 Å². The molecule has 88 valence electrons. The van der Waals surface area contributed by atoms with Crippen LogP contribution in [0.3, 0.4) is 0 Å². The van der Waals surface area contributed by atoms with Gasteiger partial charge in [-0.1, -0.05) is 39.5 Å². The molecule has 3 heteroatoms. The summed E-state index contributed by atoms with van der Waals surface area (Å²) in [5, 5.41) is 12.2. The van der Waals surface area contributed by atoms with Gasteiger partial charge in [-0.15, -0.1) is 0 Å². The molecule has 3 nitrogen and oxygen atoms in total. The lowest BCUT2D eigenvalue weighted by Gasteiger charge is -2.18. The van der Waals surface area contributed by atoms with E-state index in [4.69, 9.17) is 0 Å². The minimum absolute atomic E-state index is 0.344. The number of nitrogens with one attached hydrogen (secondary N) is 1. The molecule has 0 saturated heterocycles. The minimum Gasteiger partial charge on any atom is -0.480 e. The maximum Gasteiger partial charge on any atom is 0.324 e. The van der Waals surface area contributed by atoms with Crippen LogP contribution in [-0.2, 0) is 4.79 Å². The highest BCUT2D eigenvalue weighted by Gasteiger charge is 2.61. The first-order valence-corrected chi connectivity index (χ1v) is 6.04. The maximum atomic E-state index is 11.2. The topological polar surface area (TPSA) is 49.3 Å². The summed E-state index contributed by atoms with van der Waals surface area (Å²) in [6.07, 6.45) is 5.49. The second kappa shape index (κ2) is 4.97. The van der Waals surface area contributed by atoms with E-state index in [1.54, 1.807) is 7.05 Å². The summed E-state index contributed by atoms with van der Waals surface area (Å²) in [7, 11) is 1.76. The van der Waals surface area contributed by atoms with Crippen LogP contribution in [0.25, 0.3) is 0 Å². The molecule has 1 rings (SSSR count). The molecule has 1 aliphatic rings. The predicted molar refractivity (Wildman–Crippen MR) is 60.8 cm³/mol. The van der Waals surface area contributed by atoms with Gasteiger partial charge in [0.05, 0.1) is 0 Å². The molecule has 0 aromatic heterocycles. The average molecular weight is 213 g/mol. The average Bonchev–Trinajstić information content (AvgIpc) is 2.95. The monoisotopic (exact) mass is 213 g/mol. The van der Waals surface area contributed by atoms with Crippen LogP contribution in [-0.4, -0.2) is 23.7 Å². The Morgan fingerprint density at radius 2 is 2.27 bits per heavy atom. The van der Waals surface area contributed by atoms with Crippen LogP contribution in [0.2, 0.25) is 0 Å². The second-order valence-electron chi connectivity index (χ2n) is 4.65.